The highest BCUT2D eigenvalue weighted by atomic mass is 16.4. The minimum atomic E-state index is -1.03. The number of amides is 1. The summed E-state index contributed by atoms with van der Waals surface area (Å²) in [7, 11) is 0. The van der Waals surface area contributed by atoms with E-state index in [0.29, 0.717) is 24.3 Å². The van der Waals surface area contributed by atoms with E-state index in [2.05, 4.69) is 34.5 Å². The van der Waals surface area contributed by atoms with Crippen LogP contribution in [0.15, 0.2) is 30.3 Å². The lowest BCUT2D eigenvalue weighted by Gasteiger charge is -2.35. The Kier molecular flexibility index (Phi) is 7.30. The van der Waals surface area contributed by atoms with Crippen LogP contribution in [0.25, 0.3) is 0 Å². The van der Waals surface area contributed by atoms with Crippen molar-refractivity contribution in [1.29, 1.82) is 0 Å². The third kappa shape index (κ3) is 5.37. The Hall–Kier alpha value is -1.92. The number of carboxylic acid groups (broad SMARTS) is 1. The fourth-order valence-electron chi connectivity index (χ4n) is 5.24. The Morgan fingerprint density at radius 3 is 2.59 bits per heavy atom. The summed E-state index contributed by atoms with van der Waals surface area (Å²) in [6.07, 6.45) is 2.16. The van der Waals surface area contributed by atoms with Gasteiger partial charge in [0.25, 0.3) is 0 Å². The van der Waals surface area contributed by atoms with Crippen LogP contribution in [0.3, 0.4) is 0 Å². The van der Waals surface area contributed by atoms with Crippen molar-refractivity contribution in [1.82, 2.24) is 15.1 Å². The van der Waals surface area contributed by atoms with E-state index < -0.39 is 12.1 Å². The van der Waals surface area contributed by atoms with Crippen LogP contribution in [-0.4, -0.2) is 58.6 Å². The molecule has 6 heteroatoms. The van der Waals surface area contributed by atoms with Crippen molar-refractivity contribution in [3.63, 3.8) is 0 Å². The smallest absolute Gasteiger partial charge is 0.409 e. The van der Waals surface area contributed by atoms with Crippen LogP contribution in [-0.2, 0) is 11.3 Å². The van der Waals surface area contributed by atoms with Gasteiger partial charge in [-0.3, -0.25) is 15.1 Å². The molecule has 1 amide bonds. The van der Waals surface area contributed by atoms with Crippen LogP contribution in [0.1, 0.15) is 45.6 Å². The van der Waals surface area contributed by atoms with Crippen LogP contribution in [0.4, 0.5) is 4.79 Å². The minimum absolute atomic E-state index is 0.261. The lowest BCUT2D eigenvalue weighted by molar-refractivity contribution is -0.113. The van der Waals surface area contributed by atoms with Gasteiger partial charge in [-0.2, -0.15) is 0 Å². The van der Waals surface area contributed by atoms with Gasteiger partial charge in [-0.1, -0.05) is 44.2 Å². The molecule has 2 aliphatic rings. The number of aldehydes is 1. The first-order valence-electron chi connectivity index (χ1n) is 10.9. The first-order valence-corrected chi connectivity index (χ1v) is 10.9. The SMILES string of the molecule is CC(C)CC(C=O)N(C(=O)O)[C@@H](C)N[C@H]1CC[C@@H]2CN(Cc3ccccc3)C[C@@H]21. The van der Waals surface area contributed by atoms with Gasteiger partial charge in [-0.05, 0) is 49.5 Å². The molecular weight excluding hydrogens is 366 g/mol. The number of likely N-dealkylation sites (tertiary alicyclic amines) is 1. The Bertz CT molecular complexity index is 681. The second-order valence-electron chi connectivity index (χ2n) is 9.15. The molecule has 0 radical (unpaired) electrons. The van der Waals surface area contributed by atoms with Crippen molar-refractivity contribution >= 4 is 12.4 Å². The first-order chi connectivity index (χ1) is 13.9. The van der Waals surface area contributed by atoms with Crippen molar-refractivity contribution in [3.05, 3.63) is 35.9 Å². The van der Waals surface area contributed by atoms with Crippen molar-refractivity contribution in [2.45, 2.75) is 64.8 Å². The summed E-state index contributed by atoms with van der Waals surface area (Å²) in [5, 5.41) is 13.3. The molecule has 0 aromatic heterocycles. The lowest BCUT2D eigenvalue weighted by atomic mass is 9.97. The number of benzene rings is 1. The quantitative estimate of drug-likeness (QED) is 0.490. The lowest BCUT2D eigenvalue weighted by Crippen LogP contribution is -2.56. The van der Waals surface area contributed by atoms with Gasteiger partial charge in [-0.15, -0.1) is 0 Å². The predicted octanol–water partition coefficient (Wildman–Crippen LogP) is 3.43. The van der Waals surface area contributed by atoms with Gasteiger partial charge in [0.15, 0.2) is 0 Å². The fraction of sp³-hybridized carbons (Fsp3) is 0.652. The average molecular weight is 402 g/mol. The first kappa shape index (κ1) is 21.8. The molecule has 0 bridgehead atoms. The van der Waals surface area contributed by atoms with Crippen molar-refractivity contribution in [2.75, 3.05) is 13.1 Å². The number of hydrogen-bond acceptors (Lipinski definition) is 4. The molecule has 1 saturated heterocycles. The Morgan fingerprint density at radius 2 is 1.97 bits per heavy atom. The summed E-state index contributed by atoms with van der Waals surface area (Å²) in [4.78, 5) is 27.3. The van der Waals surface area contributed by atoms with Gasteiger partial charge >= 0.3 is 6.09 Å². The number of hydrogen-bond donors (Lipinski definition) is 2. The highest BCUT2D eigenvalue weighted by molar-refractivity contribution is 5.72. The second-order valence-corrected chi connectivity index (χ2v) is 9.15. The zero-order chi connectivity index (χ0) is 21.0. The zero-order valence-electron chi connectivity index (χ0n) is 17.8. The van der Waals surface area contributed by atoms with E-state index in [1.807, 2.05) is 26.8 Å². The van der Waals surface area contributed by atoms with Gasteiger partial charge in [0, 0.05) is 25.7 Å². The molecule has 160 valence electrons. The van der Waals surface area contributed by atoms with E-state index in [1.54, 1.807) is 0 Å². The van der Waals surface area contributed by atoms with E-state index in [9.17, 15) is 14.7 Å². The van der Waals surface area contributed by atoms with Crippen molar-refractivity contribution < 1.29 is 14.7 Å². The zero-order valence-corrected chi connectivity index (χ0v) is 17.8. The van der Waals surface area contributed by atoms with Gasteiger partial charge in [-0.25, -0.2) is 4.79 Å². The molecule has 1 aliphatic carbocycles. The summed E-state index contributed by atoms with van der Waals surface area (Å²) in [6.45, 7) is 9.01. The second kappa shape index (κ2) is 9.72. The molecule has 6 nitrogen and oxygen atoms in total. The Morgan fingerprint density at radius 1 is 1.24 bits per heavy atom. The van der Waals surface area contributed by atoms with Crippen LogP contribution < -0.4 is 5.32 Å². The van der Waals surface area contributed by atoms with E-state index in [1.165, 1.54) is 16.9 Å². The third-order valence-electron chi connectivity index (χ3n) is 6.50. The molecule has 1 aromatic rings. The predicted molar refractivity (Wildman–Crippen MR) is 113 cm³/mol. The summed E-state index contributed by atoms with van der Waals surface area (Å²) < 4.78 is 0. The van der Waals surface area contributed by atoms with Gasteiger partial charge in [0.05, 0.1) is 12.2 Å². The topological polar surface area (TPSA) is 72.9 Å². The van der Waals surface area contributed by atoms with Crippen molar-refractivity contribution in [3.8, 4) is 0 Å². The Labute approximate surface area is 174 Å². The van der Waals surface area contributed by atoms with E-state index in [-0.39, 0.29) is 12.1 Å². The normalized spacial score (nSPS) is 26.3. The number of nitrogens with one attached hydrogen (secondary N) is 1. The van der Waals surface area contributed by atoms with Crippen molar-refractivity contribution in [2.24, 2.45) is 17.8 Å². The monoisotopic (exact) mass is 401 g/mol. The molecule has 1 heterocycles. The minimum Gasteiger partial charge on any atom is -0.465 e. The van der Waals surface area contributed by atoms with Crippen LogP contribution >= 0.6 is 0 Å². The standard InChI is InChI=1S/C23H35N3O3/c1-16(2)11-20(15-27)26(23(28)29)17(3)24-22-10-9-19-13-25(14-21(19)22)12-18-7-5-4-6-8-18/h4-8,15-17,19-22,24H,9-14H2,1-3H3,(H,28,29)/t17-,19+,20?,21-,22-/m0/s1. The van der Waals surface area contributed by atoms with Crippen LogP contribution in [0, 0.1) is 17.8 Å². The summed E-state index contributed by atoms with van der Waals surface area (Å²) in [5.41, 5.74) is 1.34. The van der Waals surface area contributed by atoms with E-state index in [0.717, 1.165) is 32.3 Å². The number of rotatable bonds is 9. The highest BCUT2D eigenvalue weighted by Gasteiger charge is 2.43. The summed E-state index contributed by atoms with van der Waals surface area (Å²) in [6, 6.07) is 10.2. The molecule has 1 aromatic carbocycles. The fourth-order valence-corrected chi connectivity index (χ4v) is 5.24. The van der Waals surface area contributed by atoms with Crippen LogP contribution in [0.2, 0.25) is 0 Å². The summed E-state index contributed by atoms with van der Waals surface area (Å²) >= 11 is 0. The molecule has 29 heavy (non-hydrogen) atoms. The molecule has 2 N–H and O–H groups in total. The average Bonchev–Trinajstić information content (AvgIpc) is 3.22. The van der Waals surface area contributed by atoms with Gasteiger partial charge in [0.2, 0.25) is 0 Å². The molecule has 3 rings (SSSR count). The molecule has 1 aliphatic heterocycles. The van der Waals surface area contributed by atoms with Gasteiger partial charge in [0.1, 0.15) is 6.29 Å². The van der Waals surface area contributed by atoms with E-state index in [4.69, 9.17) is 0 Å². The highest BCUT2D eigenvalue weighted by Crippen LogP contribution is 2.39. The largest absolute Gasteiger partial charge is 0.465 e. The number of fused-ring (bicyclic) bond motifs is 1. The number of nitrogens with zero attached hydrogens (tertiary/aromatic N) is 2. The molecular formula is C23H35N3O3. The summed E-state index contributed by atoms with van der Waals surface area (Å²) in [5.74, 6) is 1.47. The molecule has 5 atom stereocenters. The van der Waals surface area contributed by atoms with E-state index >= 15 is 0 Å². The molecule has 1 saturated carbocycles. The maximum atomic E-state index is 11.9. The number of carbonyl (C=O) groups is 2. The van der Waals surface area contributed by atoms with Crippen LogP contribution in [0.5, 0.6) is 0 Å². The third-order valence-corrected chi connectivity index (χ3v) is 6.50. The molecule has 0 spiro atoms. The Balaban J connectivity index is 1.60. The molecule has 2 fully saturated rings. The van der Waals surface area contributed by atoms with Gasteiger partial charge < -0.3 is 9.90 Å². The maximum absolute atomic E-state index is 11.9. The molecule has 1 unspecified atom stereocenters. The number of carbonyl (C=O) groups excluding carboxylic acids is 1. The maximum Gasteiger partial charge on any atom is 0.409 e.